The Kier molecular flexibility index (Phi) is 10.1. The van der Waals surface area contributed by atoms with Gasteiger partial charge >= 0.3 is 0 Å². The highest BCUT2D eigenvalue weighted by Gasteiger charge is 2.30. The molecule has 1 aromatic carbocycles. The molecule has 30 heavy (non-hydrogen) atoms. The number of aliphatic hydroxyl groups excluding tert-OH is 1. The molecule has 0 aliphatic carbocycles. The molecule has 1 amide bonds. The van der Waals surface area contributed by atoms with Crippen LogP contribution in [0.4, 0.5) is 0 Å². The van der Waals surface area contributed by atoms with Gasteiger partial charge < -0.3 is 29.7 Å². The standard InChI is InChI=1S/C21H32N4O4.HI/c1-3-22-21(23-15-18(26)16-6-4-7-17(14-16)28-2)25-11-9-24(10-12-25)20(27)19-8-5-13-29-19;/h4,6-7,14,18-19,26H,3,5,8-13,15H2,1-2H3,(H,22,23);1H. The highest BCUT2D eigenvalue weighted by atomic mass is 127. The number of carbonyl (C=O) groups excluding carboxylic acids is 1. The molecular weight excluding hydrogens is 499 g/mol. The molecule has 0 spiro atoms. The molecule has 2 N–H and O–H groups in total. The van der Waals surface area contributed by atoms with Crippen LogP contribution in [-0.4, -0.2) is 85.9 Å². The Hall–Kier alpha value is -1.59. The topological polar surface area (TPSA) is 86.6 Å². The van der Waals surface area contributed by atoms with E-state index in [0.29, 0.717) is 38.5 Å². The van der Waals surface area contributed by atoms with Crippen molar-refractivity contribution >= 4 is 35.8 Å². The van der Waals surface area contributed by atoms with Gasteiger partial charge in [0.25, 0.3) is 5.91 Å². The summed E-state index contributed by atoms with van der Waals surface area (Å²) in [5.41, 5.74) is 0.774. The Labute approximate surface area is 195 Å². The molecule has 9 heteroatoms. The predicted octanol–water partition coefficient (Wildman–Crippen LogP) is 1.64. The summed E-state index contributed by atoms with van der Waals surface area (Å²) in [6.07, 6.45) is 0.816. The first kappa shape index (κ1) is 24.7. The molecule has 2 fully saturated rings. The van der Waals surface area contributed by atoms with Crippen LogP contribution < -0.4 is 10.1 Å². The molecule has 2 aliphatic heterocycles. The first-order valence-electron chi connectivity index (χ1n) is 10.4. The molecular formula is C21H33IN4O4. The second kappa shape index (κ2) is 12.3. The lowest BCUT2D eigenvalue weighted by Crippen LogP contribution is -2.55. The van der Waals surface area contributed by atoms with Gasteiger partial charge in [0.05, 0.1) is 19.8 Å². The molecule has 2 heterocycles. The minimum absolute atomic E-state index is 0. The van der Waals surface area contributed by atoms with Crippen molar-refractivity contribution in [3.05, 3.63) is 29.8 Å². The second-order valence-electron chi connectivity index (χ2n) is 7.30. The van der Waals surface area contributed by atoms with Crippen molar-refractivity contribution in [2.75, 3.05) is 53.0 Å². The Balaban J connectivity index is 0.00000320. The molecule has 2 saturated heterocycles. The van der Waals surface area contributed by atoms with Crippen molar-refractivity contribution in [1.29, 1.82) is 0 Å². The van der Waals surface area contributed by atoms with E-state index in [1.807, 2.05) is 36.1 Å². The number of aliphatic imine (C=N–C) groups is 1. The third-order valence-corrected chi connectivity index (χ3v) is 5.32. The zero-order valence-electron chi connectivity index (χ0n) is 17.7. The summed E-state index contributed by atoms with van der Waals surface area (Å²) in [5.74, 6) is 1.58. The fourth-order valence-corrected chi connectivity index (χ4v) is 3.67. The van der Waals surface area contributed by atoms with Gasteiger partial charge in [0.2, 0.25) is 0 Å². The SMILES string of the molecule is CCNC(=NCC(O)c1cccc(OC)c1)N1CCN(C(=O)C2CCCO2)CC1.I. The minimum Gasteiger partial charge on any atom is -0.497 e. The first-order valence-corrected chi connectivity index (χ1v) is 10.4. The molecule has 0 saturated carbocycles. The zero-order chi connectivity index (χ0) is 20.6. The number of hydrogen-bond acceptors (Lipinski definition) is 5. The van der Waals surface area contributed by atoms with Gasteiger partial charge in [-0.15, -0.1) is 24.0 Å². The van der Waals surface area contributed by atoms with Gasteiger partial charge in [-0.05, 0) is 37.5 Å². The van der Waals surface area contributed by atoms with E-state index < -0.39 is 6.10 Å². The third-order valence-electron chi connectivity index (χ3n) is 5.32. The zero-order valence-corrected chi connectivity index (χ0v) is 20.1. The highest BCUT2D eigenvalue weighted by Crippen LogP contribution is 2.20. The molecule has 1 aromatic rings. The number of benzene rings is 1. The average Bonchev–Trinajstić information content (AvgIpc) is 3.31. The highest BCUT2D eigenvalue weighted by molar-refractivity contribution is 14.0. The lowest BCUT2D eigenvalue weighted by molar-refractivity contribution is -0.142. The Morgan fingerprint density at radius 3 is 2.70 bits per heavy atom. The lowest BCUT2D eigenvalue weighted by Gasteiger charge is -2.37. The number of amides is 1. The van der Waals surface area contributed by atoms with E-state index in [1.54, 1.807) is 7.11 Å². The maximum atomic E-state index is 12.5. The van der Waals surface area contributed by atoms with Gasteiger partial charge in [0, 0.05) is 39.3 Å². The fraction of sp³-hybridized carbons (Fsp3) is 0.619. The van der Waals surface area contributed by atoms with Crippen LogP contribution in [0.5, 0.6) is 5.75 Å². The molecule has 0 bridgehead atoms. The van der Waals surface area contributed by atoms with Gasteiger partial charge in [-0.2, -0.15) is 0 Å². The van der Waals surface area contributed by atoms with Crippen LogP contribution in [-0.2, 0) is 9.53 Å². The Morgan fingerprint density at radius 1 is 1.33 bits per heavy atom. The number of hydrogen-bond donors (Lipinski definition) is 2. The maximum absolute atomic E-state index is 12.5. The van der Waals surface area contributed by atoms with Crippen molar-refractivity contribution < 1.29 is 19.4 Å². The van der Waals surface area contributed by atoms with E-state index in [9.17, 15) is 9.90 Å². The number of halogens is 1. The van der Waals surface area contributed by atoms with Crippen LogP contribution in [0.15, 0.2) is 29.3 Å². The number of piperazine rings is 1. The molecule has 2 unspecified atom stereocenters. The van der Waals surface area contributed by atoms with E-state index in [4.69, 9.17) is 9.47 Å². The Morgan fingerprint density at radius 2 is 2.07 bits per heavy atom. The van der Waals surface area contributed by atoms with E-state index in [0.717, 1.165) is 30.9 Å². The smallest absolute Gasteiger partial charge is 0.251 e. The number of methoxy groups -OCH3 is 1. The van der Waals surface area contributed by atoms with E-state index in [1.165, 1.54) is 0 Å². The summed E-state index contributed by atoms with van der Waals surface area (Å²) in [6.45, 7) is 6.42. The van der Waals surface area contributed by atoms with Crippen molar-refractivity contribution in [3.8, 4) is 5.75 Å². The van der Waals surface area contributed by atoms with Crippen LogP contribution in [0, 0.1) is 0 Å². The monoisotopic (exact) mass is 532 g/mol. The fourth-order valence-electron chi connectivity index (χ4n) is 3.67. The summed E-state index contributed by atoms with van der Waals surface area (Å²) in [4.78, 5) is 21.2. The van der Waals surface area contributed by atoms with Crippen molar-refractivity contribution in [2.45, 2.75) is 32.0 Å². The molecule has 0 aromatic heterocycles. The predicted molar refractivity (Wildman–Crippen MR) is 126 cm³/mol. The summed E-state index contributed by atoms with van der Waals surface area (Å²) in [5, 5.41) is 13.8. The van der Waals surface area contributed by atoms with Crippen LogP contribution in [0.25, 0.3) is 0 Å². The Bertz CT molecular complexity index is 704. The average molecular weight is 532 g/mol. The largest absolute Gasteiger partial charge is 0.497 e. The summed E-state index contributed by atoms with van der Waals surface area (Å²) in [6, 6.07) is 7.39. The van der Waals surface area contributed by atoms with Crippen LogP contribution in [0.3, 0.4) is 0 Å². The van der Waals surface area contributed by atoms with E-state index >= 15 is 0 Å². The van der Waals surface area contributed by atoms with Gasteiger partial charge in [-0.25, -0.2) is 0 Å². The number of aliphatic hydroxyl groups is 1. The van der Waals surface area contributed by atoms with Crippen LogP contribution >= 0.6 is 24.0 Å². The molecule has 8 nitrogen and oxygen atoms in total. The molecule has 168 valence electrons. The van der Waals surface area contributed by atoms with Crippen molar-refractivity contribution in [2.24, 2.45) is 4.99 Å². The summed E-state index contributed by atoms with van der Waals surface area (Å²) < 4.78 is 10.7. The van der Waals surface area contributed by atoms with Crippen LogP contribution in [0.1, 0.15) is 31.4 Å². The summed E-state index contributed by atoms with van der Waals surface area (Å²) >= 11 is 0. The van der Waals surface area contributed by atoms with Crippen LogP contribution in [0.2, 0.25) is 0 Å². The van der Waals surface area contributed by atoms with Crippen molar-refractivity contribution in [1.82, 2.24) is 15.1 Å². The minimum atomic E-state index is -0.707. The third kappa shape index (κ3) is 6.45. The quantitative estimate of drug-likeness (QED) is 0.329. The normalized spacial score (nSPS) is 20.5. The maximum Gasteiger partial charge on any atom is 0.251 e. The summed E-state index contributed by atoms with van der Waals surface area (Å²) in [7, 11) is 1.61. The van der Waals surface area contributed by atoms with E-state index in [2.05, 4.69) is 15.2 Å². The number of nitrogens with one attached hydrogen (secondary N) is 1. The van der Waals surface area contributed by atoms with Gasteiger partial charge in [-0.1, -0.05) is 12.1 Å². The molecule has 0 radical (unpaired) electrons. The second-order valence-corrected chi connectivity index (χ2v) is 7.30. The number of guanidine groups is 1. The van der Waals surface area contributed by atoms with Crippen molar-refractivity contribution in [3.63, 3.8) is 0 Å². The number of carbonyl (C=O) groups is 1. The van der Waals surface area contributed by atoms with Gasteiger partial charge in [0.1, 0.15) is 11.9 Å². The van der Waals surface area contributed by atoms with Gasteiger partial charge in [-0.3, -0.25) is 9.79 Å². The molecule has 2 aliphatic rings. The molecule has 2 atom stereocenters. The van der Waals surface area contributed by atoms with E-state index in [-0.39, 0.29) is 42.5 Å². The number of rotatable bonds is 6. The number of nitrogens with zero attached hydrogens (tertiary/aromatic N) is 3. The molecule has 3 rings (SSSR count). The lowest BCUT2D eigenvalue weighted by atomic mass is 10.1. The first-order chi connectivity index (χ1) is 14.1. The number of ether oxygens (including phenoxy) is 2. The van der Waals surface area contributed by atoms with Gasteiger partial charge in [0.15, 0.2) is 5.96 Å².